The SMILES string of the molecule is CC(C)CCCCCCNC(C)c1cc2ccccc2o1. The minimum absolute atomic E-state index is 0.285. The van der Waals surface area contributed by atoms with Gasteiger partial charge in [-0.3, -0.25) is 0 Å². The first-order valence-corrected chi connectivity index (χ1v) is 8.38. The molecule has 1 N–H and O–H groups in total. The molecule has 2 nitrogen and oxygen atoms in total. The molecule has 1 atom stereocenters. The highest BCUT2D eigenvalue weighted by Crippen LogP contribution is 2.23. The van der Waals surface area contributed by atoms with E-state index in [-0.39, 0.29) is 6.04 Å². The topological polar surface area (TPSA) is 25.2 Å². The Morgan fingerprint density at radius 3 is 2.52 bits per heavy atom. The van der Waals surface area contributed by atoms with Crippen LogP contribution < -0.4 is 5.32 Å². The molecule has 0 saturated carbocycles. The monoisotopic (exact) mass is 287 g/mol. The Labute approximate surface area is 128 Å². The normalized spacial score (nSPS) is 13.1. The predicted molar refractivity (Wildman–Crippen MR) is 90.6 cm³/mol. The minimum Gasteiger partial charge on any atom is -0.459 e. The molecular formula is C19H29NO. The van der Waals surface area contributed by atoms with Crippen molar-refractivity contribution in [2.45, 2.75) is 58.9 Å². The molecule has 1 unspecified atom stereocenters. The van der Waals surface area contributed by atoms with Gasteiger partial charge in [-0.15, -0.1) is 0 Å². The molecule has 0 aliphatic carbocycles. The third-order valence-corrected chi connectivity index (χ3v) is 4.03. The van der Waals surface area contributed by atoms with Crippen molar-refractivity contribution in [1.29, 1.82) is 0 Å². The van der Waals surface area contributed by atoms with Crippen molar-refractivity contribution in [2.24, 2.45) is 5.92 Å². The fraction of sp³-hybridized carbons (Fsp3) is 0.579. The number of hydrogen-bond acceptors (Lipinski definition) is 2. The van der Waals surface area contributed by atoms with Crippen molar-refractivity contribution in [3.8, 4) is 0 Å². The van der Waals surface area contributed by atoms with Gasteiger partial charge in [-0.2, -0.15) is 0 Å². The average molecular weight is 287 g/mol. The Bertz CT molecular complexity index is 496. The van der Waals surface area contributed by atoms with Crippen molar-refractivity contribution < 1.29 is 4.42 Å². The second-order valence-electron chi connectivity index (χ2n) is 6.46. The molecule has 1 aromatic heterocycles. The highest BCUT2D eigenvalue weighted by molar-refractivity contribution is 5.77. The number of rotatable bonds is 9. The zero-order valence-electron chi connectivity index (χ0n) is 13.7. The van der Waals surface area contributed by atoms with Gasteiger partial charge in [-0.1, -0.05) is 57.7 Å². The third kappa shape index (κ3) is 5.20. The van der Waals surface area contributed by atoms with Crippen LogP contribution >= 0.6 is 0 Å². The van der Waals surface area contributed by atoms with Gasteiger partial charge in [-0.05, 0) is 37.9 Å². The molecule has 0 amide bonds. The molecular weight excluding hydrogens is 258 g/mol. The van der Waals surface area contributed by atoms with Crippen molar-refractivity contribution >= 4 is 11.0 Å². The van der Waals surface area contributed by atoms with E-state index in [1.54, 1.807) is 0 Å². The van der Waals surface area contributed by atoms with Gasteiger partial charge in [0.25, 0.3) is 0 Å². The van der Waals surface area contributed by atoms with Gasteiger partial charge in [0.15, 0.2) is 0 Å². The van der Waals surface area contributed by atoms with Crippen molar-refractivity contribution in [2.75, 3.05) is 6.54 Å². The lowest BCUT2D eigenvalue weighted by atomic mass is 10.0. The lowest BCUT2D eigenvalue weighted by Gasteiger charge is -2.11. The van der Waals surface area contributed by atoms with E-state index in [0.717, 1.165) is 23.8 Å². The van der Waals surface area contributed by atoms with E-state index in [2.05, 4.69) is 44.3 Å². The van der Waals surface area contributed by atoms with Gasteiger partial charge in [0, 0.05) is 5.39 Å². The van der Waals surface area contributed by atoms with E-state index in [9.17, 15) is 0 Å². The first-order valence-electron chi connectivity index (χ1n) is 8.38. The maximum absolute atomic E-state index is 5.89. The summed E-state index contributed by atoms with van der Waals surface area (Å²) in [5, 5.41) is 4.76. The fourth-order valence-corrected chi connectivity index (χ4v) is 2.67. The molecule has 1 heterocycles. The molecule has 2 aromatic rings. The summed E-state index contributed by atoms with van der Waals surface area (Å²) in [6, 6.07) is 10.6. The highest BCUT2D eigenvalue weighted by Gasteiger charge is 2.10. The van der Waals surface area contributed by atoms with Gasteiger partial charge in [0.1, 0.15) is 11.3 Å². The number of unbranched alkanes of at least 4 members (excludes halogenated alkanes) is 3. The Hall–Kier alpha value is -1.28. The van der Waals surface area contributed by atoms with E-state index in [1.807, 2.05) is 12.1 Å². The second kappa shape index (κ2) is 8.23. The van der Waals surface area contributed by atoms with E-state index in [1.165, 1.54) is 37.5 Å². The van der Waals surface area contributed by atoms with Crippen LogP contribution in [0, 0.1) is 5.92 Å². The first kappa shape index (κ1) is 16.1. The molecule has 0 aliphatic heterocycles. The highest BCUT2D eigenvalue weighted by atomic mass is 16.3. The smallest absolute Gasteiger partial charge is 0.134 e. The molecule has 0 aliphatic rings. The maximum Gasteiger partial charge on any atom is 0.134 e. The summed E-state index contributed by atoms with van der Waals surface area (Å²) in [5.41, 5.74) is 0.981. The number of fused-ring (bicyclic) bond motifs is 1. The molecule has 0 fully saturated rings. The van der Waals surface area contributed by atoms with Crippen LogP contribution in [-0.4, -0.2) is 6.54 Å². The maximum atomic E-state index is 5.89. The largest absolute Gasteiger partial charge is 0.459 e. The van der Waals surface area contributed by atoms with Crippen LogP contribution in [0.4, 0.5) is 0 Å². The van der Waals surface area contributed by atoms with Gasteiger partial charge in [0.2, 0.25) is 0 Å². The molecule has 0 spiro atoms. The zero-order valence-corrected chi connectivity index (χ0v) is 13.7. The van der Waals surface area contributed by atoms with Crippen LogP contribution in [0.5, 0.6) is 0 Å². The lowest BCUT2D eigenvalue weighted by molar-refractivity contribution is 0.441. The molecule has 2 rings (SSSR count). The molecule has 0 saturated heterocycles. The van der Waals surface area contributed by atoms with Crippen molar-refractivity contribution in [1.82, 2.24) is 5.32 Å². The summed E-state index contributed by atoms with van der Waals surface area (Å²) < 4.78 is 5.89. The third-order valence-electron chi connectivity index (χ3n) is 4.03. The second-order valence-corrected chi connectivity index (χ2v) is 6.46. The van der Waals surface area contributed by atoms with Crippen molar-refractivity contribution in [3.63, 3.8) is 0 Å². The minimum atomic E-state index is 0.285. The summed E-state index contributed by atoms with van der Waals surface area (Å²) in [6.45, 7) is 7.85. The standard InChI is InChI=1S/C19H29NO/c1-15(2)10-6-4-5-9-13-20-16(3)19-14-17-11-7-8-12-18(17)21-19/h7-8,11-12,14-16,20H,4-6,9-10,13H2,1-3H3. The van der Waals surface area contributed by atoms with Crippen LogP contribution in [0.25, 0.3) is 11.0 Å². The molecule has 1 aromatic carbocycles. The molecule has 21 heavy (non-hydrogen) atoms. The lowest BCUT2D eigenvalue weighted by Crippen LogP contribution is -2.19. The summed E-state index contributed by atoms with van der Waals surface area (Å²) >= 11 is 0. The summed E-state index contributed by atoms with van der Waals surface area (Å²) in [7, 11) is 0. The van der Waals surface area contributed by atoms with Crippen LogP contribution in [-0.2, 0) is 0 Å². The number of para-hydroxylation sites is 1. The number of nitrogens with one attached hydrogen (secondary N) is 1. The first-order chi connectivity index (χ1) is 10.2. The molecule has 2 heteroatoms. The molecule has 0 bridgehead atoms. The van der Waals surface area contributed by atoms with Crippen LogP contribution in [0.3, 0.4) is 0 Å². The fourth-order valence-electron chi connectivity index (χ4n) is 2.67. The zero-order chi connectivity index (χ0) is 15.1. The summed E-state index contributed by atoms with van der Waals surface area (Å²) in [4.78, 5) is 0. The van der Waals surface area contributed by atoms with E-state index < -0.39 is 0 Å². The number of hydrogen-bond donors (Lipinski definition) is 1. The Morgan fingerprint density at radius 1 is 1.00 bits per heavy atom. The molecule has 0 radical (unpaired) electrons. The number of furan rings is 1. The number of benzene rings is 1. The van der Waals surface area contributed by atoms with Gasteiger partial charge >= 0.3 is 0 Å². The van der Waals surface area contributed by atoms with Crippen LogP contribution in [0.2, 0.25) is 0 Å². The Morgan fingerprint density at radius 2 is 1.76 bits per heavy atom. The van der Waals surface area contributed by atoms with Crippen LogP contribution in [0.1, 0.15) is 64.7 Å². The van der Waals surface area contributed by atoms with Gasteiger partial charge < -0.3 is 9.73 Å². The summed E-state index contributed by atoms with van der Waals surface area (Å²) in [5.74, 6) is 1.88. The predicted octanol–water partition coefficient (Wildman–Crippen LogP) is 5.69. The summed E-state index contributed by atoms with van der Waals surface area (Å²) in [6.07, 6.45) is 6.67. The van der Waals surface area contributed by atoms with E-state index in [0.29, 0.717) is 0 Å². The van der Waals surface area contributed by atoms with E-state index in [4.69, 9.17) is 4.42 Å². The van der Waals surface area contributed by atoms with E-state index >= 15 is 0 Å². The van der Waals surface area contributed by atoms with Crippen molar-refractivity contribution in [3.05, 3.63) is 36.1 Å². The van der Waals surface area contributed by atoms with Gasteiger partial charge in [0.05, 0.1) is 6.04 Å². The molecule has 116 valence electrons. The Balaban J connectivity index is 1.66. The van der Waals surface area contributed by atoms with Gasteiger partial charge in [-0.25, -0.2) is 0 Å². The van der Waals surface area contributed by atoms with Crippen LogP contribution in [0.15, 0.2) is 34.7 Å². The Kier molecular flexibility index (Phi) is 6.31. The average Bonchev–Trinajstić information content (AvgIpc) is 2.89. The quantitative estimate of drug-likeness (QED) is 0.599.